The quantitative estimate of drug-likeness (QED) is 0.252. The molecule has 0 saturated heterocycles. The van der Waals surface area contributed by atoms with E-state index in [4.69, 9.17) is 15.3 Å². The number of hydrogen-bond acceptors (Lipinski definition) is 4. The van der Waals surface area contributed by atoms with Gasteiger partial charge in [0.05, 0.1) is 13.2 Å². The molecule has 0 aromatic heterocycles. The molecule has 0 aromatic carbocycles. The molecule has 0 aliphatic heterocycles. The van der Waals surface area contributed by atoms with Crippen molar-refractivity contribution in [2.75, 3.05) is 40.0 Å². The number of rotatable bonds is 20. The largest absolute Gasteiger partial charge is 0.396 e. The van der Waals surface area contributed by atoms with Crippen molar-refractivity contribution in [1.82, 2.24) is 4.90 Å². The molecule has 4 heteroatoms. The normalized spacial score (nSPS) is 10.9. The van der Waals surface area contributed by atoms with E-state index in [0.29, 0.717) is 19.7 Å². The molecular formula is C23H51NO3. The molecule has 0 bridgehead atoms. The summed E-state index contributed by atoms with van der Waals surface area (Å²) in [7, 11) is 1.85. The van der Waals surface area contributed by atoms with Gasteiger partial charge in [0, 0.05) is 19.7 Å². The Bertz CT molecular complexity index is 218. The minimum Gasteiger partial charge on any atom is -0.396 e. The molecule has 0 spiro atoms. The molecule has 0 unspecified atom stereocenters. The summed E-state index contributed by atoms with van der Waals surface area (Å²) in [4.78, 5) is 1.86. The average molecular weight is 390 g/mol. The maximum Gasteiger partial charge on any atom is 0.0558 e. The van der Waals surface area contributed by atoms with Crippen molar-refractivity contribution < 1.29 is 15.3 Å². The molecule has 0 rings (SSSR count). The second kappa shape index (κ2) is 28.1. The second-order valence-corrected chi connectivity index (χ2v) is 7.78. The van der Waals surface area contributed by atoms with E-state index in [1.54, 1.807) is 0 Å². The maximum absolute atomic E-state index is 8.67. The first-order valence-electron chi connectivity index (χ1n) is 11.7. The van der Waals surface area contributed by atoms with Crippen molar-refractivity contribution in [1.29, 1.82) is 0 Å². The van der Waals surface area contributed by atoms with Gasteiger partial charge >= 0.3 is 0 Å². The van der Waals surface area contributed by atoms with Gasteiger partial charge in [-0.1, -0.05) is 103 Å². The Balaban J connectivity index is 0. The zero-order valence-corrected chi connectivity index (χ0v) is 18.6. The van der Waals surface area contributed by atoms with E-state index in [1.165, 1.54) is 96.3 Å². The monoisotopic (exact) mass is 389 g/mol. The predicted molar refractivity (Wildman–Crippen MR) is 118 cm³/mol. The van der Waals surface area contributed by atoms with Gasteiger partial charge in [-0.25, -0.2) is 0 Å². The summed E-state index contributed by atoms with van der Waals surface area (Å²) in [5.74, 6) is 0. The molecule has 0 amide bonds. The van der Waals surface area contributed by atoms with E-state index in [2.05, 4.69) is 6.92 Å². The van der Waals surface area contributed by atoms with Crippen LogP contribution in [0.5, 0.6) is 0 Å². The molecular weight excluding hydrogens is 338 g/mol. The van der Waals surface area contributed by atoms with Crippen LogP contribution in [0.2, 0.25) is 0 Å². The first-order chi connectivity index (χ1) is 13.2. The number of nitrogens with zero attached hydrogens (tertiary/aromatic N) is 1. The molecule has 27 heavy (non-hydrogen) atoms. The fraction of sp³-hybridized carbons (Fsp3) is 1.00. The van der Waals surface area contributed by atoms with Crippen LogP contribution in [0.4, 0.5) is 0 Å². The zero-order chi connectivity index (χ0) is 20.4. The number of hydrogen-bond donors (Lipinski definition) is 3. The number of likely N-dealkylation sites (N-methyl/N-ethyl adjacent to an activating group) is 1. The highest BCUT2D eigenvalue weighted by atomic mass is 16.3. The first-order valence-corrected chi connectivity index (χ1v) is 11.7. The third-order valence-corrected chi connectivity index (χ3v) is 4.98. The molecule has 0 aliphatic rings. The Kier molecular flexibility index (Phi) is 30.2. The van der Waals surface area contributed by atoms with Gasteiger partial charge in [0.1, 0.15) is 0 Å². The van der Waals surface area contributed by atoms with Crippen LogP contribution in [0.1, 0.15) is 110 Å². The predicted octanol–water partition coefficient (Wildman–Crippen LogP) is 5.14. The van der Waals surface area contributed by atoms with Gasteiger partial charge in [-0.2, -0.15) is 0 Å². The third-order valence-electron chi connectivity index (χ3n) is 4.98. The lowest BCUT2D eigenvalue weighted by Crippen LogP contribution is -2.25. The number of aliphatic hydroxyl groups is 3. The highest BCUT2D eigenvalue weighted by molar-refractivity contribution is 4.49. The molecule has 0 fully saturated rings. The van der Waals surface area contributed by atoms with Crippen LogP contribution < -0.4 is 0 Å². The lowest BCUT2D eigenvalue weighted by Gasteiger charge is -2.11. The van der Waals surface area contributed by atoms with Crippen molar-refractivity contribution in [3.05, 3.63) is 0 Å². The van der Waals surface area contributed by atoms with Gasteiger partial charge in [0.2, 0.25) is 0 Å². The van der Waals surface area contributed by atoms with Crippen molar-refractivity contribution in [3.8, 4) is 0 Å². The molecule has 0 aliphatic carbocycles. The van der Waals surface area contributed by atoms with E-state index in [0.717, 1.165) is 6.42 Å². The lowest BCUT2D eigenvalue weighted by molar-refractivity contribution is 0.184. The summed E-state index contributed by atoms with van der Waals surface area (Å²) in [5, 5.41) is 25.4. The minimum absolute atomic E-state index is 0.163. The topological polar surface area (TPSA) is 63.9 Å². The SMILES string of the molecule is CCCCCCCCCCCCCCCCCCO.CN(CCO)CCO. The molecule has 0 radical (unpaired) electrons. The fourth-order valence-electron chi connectivity index (χ4n) is 3.11. The van der Waals surface area contributed by atoms with Crippen molar-refractivity contribution in [2.45, 2.75) is 110 Å². The van der Waals surface area contributed by atoms with Crippen LogP contribution in [0.15, 0.2) is 0 Å². The second-order valence-electron chi connectivity index (χ2n) is 7.78. The molecule has 166 valence electrons. The van der Waals surface area contributed by atoms with Crippen LogP contribution in [0.3, 0.4) is 0 Å². The Morgan fingerprint density at radius 3 is 1.00 bits per heavy atom. The van der Waals surface area contributed by atoms with E-state index in [1.807, 2.05) is 11.9 Å². The van der Waals surface area contributed by atoms with Crippen LogP contribution in [-0.4, -0.2) is 60.2 Å². The number of unbranched alkanes of at least 4 members (excludes halogenated alkanes) is 15. The fourth-order valence-corrected chi connectivity index (χ4v) is 3.11. The lowest BCUT2D eigenvalue weighted by atomic mass is 10.0. The summed E-state index contributed by atoms with van der Waals surface area (Å²) in [6.45, 7) is 4.26. The van der Waals surface area contributed by atoms with Crippen LogP contribution in [0.25, 0.3) is 0 Å². The van der Waals surface area contributed by atoms with Gasteiger partial charge in [0.25, 0.3) is 0 Å². The van der Waals surface area contributed by atoms with Gasteiger partial charge in [-0.15, -0.1) is 0 Å². The minimum atomic E-state index is 0.163. The zero-order valence-electron chi connectivity index (χ0n) is 18.6. The molecule has 3 N–H and O–H groups in total. The van der Waals surface area contributed by atoms with Crippen LogP contribution >= 0.6 is 0 Å². The highest BCUT2D eigenvalue weighted by Crippen LogP contribution is 2.13. The van der Waals surface area contributed by atoms with Crippen molar-refractivity contribution >= 4 is 0 Å². The Morgan fingerprint density at radius 2 is 0.741 bits per heavy atom. The molecule has 4 nitrogen and oxygen atoms in total. The summed E-state index contributed by atoms with van der Waals surface area (Å²) in [6, 6.07) is 0. The average Bonchev–Trinajstić information content (AvgIpc) is 2.66. The van der Waals surface area contributed by atoms with E-state index >= 15 is 0 Å². The standard InChI is InChI=1S/C18H38O.C5H13NO2/c1-2-3-4-5-6-7-8-9-10-11-12-13-14-15-16-17-18-19;1-6(2-4-7)3-5-8/h19H,2-18H2,1H3;7-8H,2-5H2,1H3. The van der Waals surface area contributed by atoms with E-state index < -0.39 is 0 Å². The first kappa shape index (κ1) is 29.0. The van der Waals surface area contributed by atoms with Crippen LogP contribution in [0, 0.1) is 0 Å². The highest BCUT2D eigenvalue weighted by Gasteiger charge is 1.94. The third kappa shape index (κ3) is 30.8. The Morgan fingerprint density at radius 1 is 0.444 bits per heavy atom. The van der Waals surface area contributed by atoms with E-state index in [-0.39, 0.29) is 13.2 Å². The molecule has 0 heterocycles. The van der Waals surface area contributed by atoms with Gasteiger partial charge in [0.15, 0.2) is 0 Å². The summed E-state index contributed by atoms with van der Waals surface area (Å²) in [5.41, 5.74) is 0. The van der Waals surface area contributed by atoms with Crippen molar-refractivity contribution in [3.63, 3.8) is 0 Å². The summed E-state index contributed by atoms with van der Waals surface area (Å²) >= 11 is 0. The van der Waals surface area contributed by atoms with Crippen LogP contribution in [-0.2, 0) is 0 Å². The van der Waals surface area contributed by atoms with Gasteiger partial charge in [-0.05, 0) is 13.5 Å². The summed E-state index contributed by atoms with van der Waals surface area (Å²) < 4.78 is 0. The Hall–Kier alpha value is -0.160. The smallest absolute Gasteiger partial charge is 0.0558 e. The van der Waals surface area contributed by atoms with Crippen molar-refractivity contribution in [2.24, 2.45) is 0 Å². The molecule has 0 atom stereocenters. The number of aliphatic hydroxyl groups excluding tert-OH is 3. The van der Waals surface area contributed by atoms with Gasteiger partial charge in [-0.3, -0.25) is 0 Å². The van der Waals surface area contributed by atoms with E-state index in [9.17, 15) is 0 Å². The van der Waals surface area contributed by atoms with Gasteiger partial charge < -0.3 is 20.2 Å². The summed E-state index contributed by atoms with van der Waals surface area (Å²) in [6.07, 6.45) is 22.2. The molecule has 0 saturated carbocycles. The maximum atomic E-state index is 8.67. The molecule has 0 aromatic rings. The Labute approximate surface area is 170 Å².